The predicted molar refractivity (Wildman–Crippen MR) is 91.2 cm³/mol. The molecule has 2 aliphatic rings. The van der Waals surface area contributed by atoms with E-state index in [1.54, 1.807) is 6.07 Å². The van der Waals surface area contributed by atoms with Crippen molar-refractivity contribution in [2.45, 2.75) is 64.1 Å². The zero-order valence-corrected chi connectivity index (χ0v) is 14.3. The third-order valence-corrected chi connectivity index (χ3v) is 4.81. The Bertz CT molecular complexity index is 712. The van der Waals surface area contributed by atoms with Crippen molar-refractivity contribution < 1.29 is 18.0 Å². The molecule has 0 radical (unpaired) electrons. The number of nitrogens with zero attached hydrogens (tertiary/aromatic N) is 1. The predicted octanol–water partition coefficient (Wildman–Crippen LogP) is 5.54. The maximum atomic E-state index is 13.5. The summed E-state index contributed by atoms with van der Waals surface area (Å²) in [6.45, 7) is 1.95. The molecule has 0 spiro atoms. The molecule has 5 heteroatoms. The highest BCUT2D eigenvalue weighted by atomic mass is 19.4. The zero-order valence-electron chi connectivity index (χ0n) is 14.3. The molecule has 1 aliphatic carbocycles. The van der Waals surface area contributed by atoms with Crippen LogP contribution in [0.2, 0.25) is 0 Å². The van der Waals surface area contributed by atoms with Gasteiger partial charge in [-0.25, -0.2) is 0 Å². The first kappa shape index (κ1) is 17.8. The van der Waals surface area contributed by atoms with Crippen LogP contribution in [0.15, 0.2) is 23.4 Å². The lowest BCUT2D eigenvalue weighted by Gasteiger charge is -2.16. The molecular formula is C20H22F3NO. The van der Waals surface area contributed by atoms with Crippen LogP contribution < -0.4 is 0 Å². The average Bonchev–Trinajstić information content (AvgIpc) is 2.83. The third-order valence-electron chi connectivity index (χ3n) is 4.81. The first-order chi connectivity index (χ1) is 12.0. The van der Waals surface area contributed by atoms with Crippen molar-refractivity contribution in [3.05, 3.63) is 34.9 Å². The van der Waals surface area contributed by atoms with E-state index in [1.165, 1.54) is 12.1 Å². The van der Waals surface area contributed by atoms with E-state index in [4.69, 9.17) is 4.84 Å². The molecule has 0 aromatic heterocycles. The molecule has 1 saturated carbocycles. The van der Waals surface area contributed by atoms with Crippen molar-refractivity contribution >= 4 is 5.71 Å². The highest BCUT2D eigenvalue weighted by Crippen LogP contribution is 2.37. The molecule has 25 heavy (non-hydrogen) atoms. The second-order valence-corrected chi connectivity index (χ2v) is 6.67. The van der Waals surface area contributed by atoms with Crippen LogP contribution in [0.25, 0.3) is 0 Å². The van der Waals surface area contributed by atoms with Crippen molar-refractivity contribution in [3.63, 3.8) is 0 Å². The second kappa shape index (κ2) is 7.51. The number of oxime groups is 1. The fourth-order valence-corrected chi connectivity index (χ4v) is 3.50. The summed E-state index contributed by atoms with van der Waals surface area (Å²) in [7, 11) is 0. The van der Waals surface area contributed by atoms with E-state index in [0.717, 1.165) is 38.5 Å². The fourth-order valence-electron chi connectivity index (χ4n) is 3.50. The lowest BCUT2D eigenvalue weighted by Crippen LogP contribution is -2.23. The molecular weight excluding hydrogens is 327 g/mol. The van der Waals surface area contributed by atoms with Crippen molar-refractivity contribution in [1.29, 1.82) is 0 Å². The van der Waals surface area contributed by atoms with Crippen LogP contribution >= 0.6 is 0 Å². The second-order valence-electron chi connectivity index (χ2n) is 6.67. The normalized spacial score (nSPS) is 23.0. The average molecular weight is 349 g/mol. The number of hydrogen-bond donors (Lipinski definition) is 0. The van der Waals surface area contributed by atoms with Gasteiger partial charge in [0.25, 0.3) is 0 Å². The van der Waals surface area contributed by atoms with Gasteiger partial charge in [0, 0.05) is 23.5 Å². The third kappa shape index (κ3) is 4.00. The Kier molecular flexibility index (Phi) is 5.36. The SMILES string of the molecule is CCCC#Cc1ccc(C2=NOC3CCCCCC23)cc1C(F)(F)F. The van der Waals surface area contributed by atoms with Gasteiger partial charge >= 0.3 is 6.18 Å². The summed E-state index contributed by atoms with van der Waals surface area (Å²) in [5.74, 6) is 5.56. The summed E-state index contributed by atoms with van der Waals surface area (Å²) in [4.78, 5) is 5.52. The highest BCUT2D eigenvalue weighted by molar-refractivity contribution is 6.03. The van der Waals surface area contributed by atoms with E-state index >= 15 is 0 Å². The summed E-state index contributed by atoms with van der Waals surface area (Å²) in [6, 6.07) is 4.35. The zero-order chi connectivity index (χ0) is 17.9. The fraction of sp³-hybridized carbons (Fsp3) is 0.550. The van der Waals surface area contributed by atoms with Gasteiger partial charge in [-0.2, -0.15) is 13.2 Å². The number of halogens is 3. The summed E-state index contributed by atoms with van der Waals surface area (Å²) < 4.78 is 40.5. The van der Waals surface area contributed by atoms with E-state index < -0.39 is 11.7 Å². The number of unbranched alkanes of at least 4 members (excludes halogenated alkanes) is 1. The molecule has 1 fully saturated rings. The minimum absolute atomic E-state index is 0.0101. The lowest BCUT2D eigenvalue weighted by molar-refractivity contribution is -0.137. The Morgan fingerprint density at radius 3 is 2.76 bits per heavy atom. The standard InChI is InChI=1S/C20H22F3NO/c1-2-3-5-8-14-11-12-15(13-17(14)20(21,22)23)19-16-9-6-4-7-10-18(16)25-24-19/h11-13,16,18H,2-4,6-7,9-10H2,1H3. The molecule has 1 aromatic rings. The van der Waals surface area contributed by atoms with E-state index in [2.05, 4.69) is 17.0 Å². The van der Waals surface area contributed by atoms with Gasteiger partial charge in [-0.05, 0) is 37.8 Å². The van der Waals surface area contributed by atoms with E-state index in [1.807, 2.05) is 6.92 Å². The van der Waals surface area contributed by atoms with Gasteiger partial charge in [0.1, 0.15) is 6.10 Å². The Balaban J connectivity index is 1.94. The summed E-state index contributed by atoms with van der Waals surface area (Å²) in [5.41, 5.74) is 0.503. The minimum atomic E-state index is -4.44. The molecule has 2 atom stereocenters. The van der Waals surface area contributed by atoms with Crippen LogP contribution in [-0.4, -0.2) is 11.8 Å². The number of benzene rings is 1. The largest absolute Gasteiger partial charge is 0.417 e. The van der Waals surface area contributed by atoms with Crippen LogP contribution in [0, 0.1) is 17.8 Å². The van der Waals surface area contributed by atoms with Crippen molar-refractivity contribution in [3.8, 4) is 11.8 Å². The first-order valence-corrected chi connectivity index (χ1v) is 8.95. The molecule has 1 aliphatic heterocycles. The molecule has 2 nitrogen and oxygen atoms in total. The Hall–Kier alpha value is -1.96. The van der Waals surface area contributed by atoms with Crippen molar-refractivity contribution in [2.75, 3.05) is 0 Å². The van der Waals surface area contributed by atoms with Crippen LogP contribution in [0.3, 0.4) is 0 Å². The topological polar surface area (TPSA) is 21.6 Å². The smallest absolute Gasteiger partial charge is 0.392 e. The molecule has 0 saturated heterocycles. The molecule has 134 valence electrons. The number of rotatable bonds is 2. The molecule has 3 rings (SSSR count). The van der Waals surface area contributed by atoms with E-state index in [9.17, 15) is 13.2 Å². The Morgan fingerprint density at radius 1 is 1.20 bits per heavy atom. The molecule has 2 unspecified atom stereocenters. The van der Waals surface area contributed by atoms with Gasteiger partial charge in [0.2, 0.25) is 0 Å². The van der Waals surface area contributed by atoms with Crippen molar-refractivity contribution in [1.82, 2.24) is 0 Å². The lowest BCUT2D eigenvalue weighted by atomic mass is 9.87. The van der Waals surface area contributed by atoms with Crippen LogP contribution in [0.1, 0.15) is 68.6 Å². The number of alkyl halides is 3. The Morgan fingerprint density at radius 2 is 2.00 bits per heavy atom. The van der Waals surface area contributed by atoms with Gasteiger partial charge in [-0.1, -0.05) is 42.8 Å². The number of fused-ring (bicyclic) bond motifs is 1. The maximum Gasteiger partial charge on any atom is 0.417 e. The number of hydrogen-bond acceptors (Lipinski definition) is 2. The monoisotopic (exact) mass is 349 g/mol. The van der Waals surface area contributed by atoms with Gasteiger partial charge < -0.3 is 4.84 Å². The maximum absolute atomic E-state index is 13.5. The summed E-state index contributed by atoms with van der Waals surface area (Å²) >= 11 is 0. The Labute approximate surface area is 146 Å². The van der Waals surface area contributed by atoms with E-state index in [0.29, 0.717) is 17.7 Å². The van der Waals surface area contributed by atoms with Crippen molar-refractivity contribution in [2.24, 2.45) is 11.1 Å². The molecule has 0 bridgehead atoms. The van der Waals surface area contributed by atoms with Crippen LogP contribution in [0.5, 0.6) is 0 Å². The molecule has 1 heterocycles. The van der Waals surface area contributed by atoms with Gasteiger partial charge in [0.15, 0.2) is 0 Å². The highest BCUT2D eigenvalue weighted by Gasteiger charge is 2.38. The first-order valence-electron chi connectivity index (χ1n) is 8.95. The molecule has 0 N–H and O–H groups in total. The van der Waals surface area contributed by atoms with Gasteiger partial charge in [0.05, 0.1) is 11.3 Å². The minimum Gasteiger partial charge on any atom is -0.392 e. The summed E-state index contributed by atoms with van der Waals surface area (Å²) in [5, 5.41) is 4.13. The quantitative estimate of drug-likeness (QED) is 0.642. The van der Waals surface area contributed by atoms with Gasteiger partial charge in [-0.15, -0.1) is 0 Å². The van der Waals surface area contributed by atoms with Crippen LogP contribution in [0.4, 0.5) is 13.2 Å². The molecule has 1 aromatic carbocycles. The molecule has 0 amide bonds. The summed E-state index contributed by atoms with van der Waals surface area (Å²) in [6.07, 6.45) is 2.12. The van der Waals surface area contributed by atoms with E-state index in [-0.39, 0.29) is 17.6 Å². The van der Waals surface area contributed by atoms with Gasteiger partial charge in [-0.3, -0.25) is 0 Å². The van der Waals surface area contributed by atoms with Crippen LogP contribution in [-0.2, 0) is 11.0 Å².